The van der Waals surface area contributed by atoms with Crippen molar-refractivity contribution >= 4 is 52.0 Å². The smallest absolute Gasteiger partial charge is 0.337 e. The molecule has 0 saturated heterocycles. The summed E-state index contributed by atoms with van der Waals surface area (Å²) < 4.78 is 17.7. The first-order valence-corrected chi connectivity index (χ1v) is 20.5. The van der Waals surface area contributed by atoms with Crippen molar-refractivity contribution in [3.63, 3.8) is 0 Å². The second kappa shape index (κ2) is 18.9. The largest absolute Gasteiger partial charge is 0.495 e. The highest BCUT2D eigenvalue weighted by Gasteiger charge is 2.22. The van der Waals surface area contributed by atoms with Crippen molar-refractivity contribution in [1.82, 2.24) is 0 Å². The topological polar surface area (TPSA) is 202 Å². The van der Waals surface area contributed by atoms with Crippen molar-refractivity contribution in [2.75, 3.05) is 42.4 Å². The summed E-state index contributed by atoms with van der Waals surface area (Å²) in [7, 11) is 3.07. The van der Waals surface area contributed by atoms with Crippen molar-refractivity contribution in [2.45, 2.75) is 26.2 Å². The molecule has 13 nitrogen and oxygen atoms in total. The zero-order chi connectivity index (χ0) is 46.4. The molecule has 8 N–H and O–H groups in total. The summed E-state index contributed by atoms with van der Waals surface area (Å²) in [6.07, 6.45) is 0. The second-order valence-electron chi connectivity index (χ2n) is 15.9. The lowest BCUT2D eigenvalue weighted by molar-refractivity contribution is 0.0687. The van der Waals surface area contributed by atoms with Gasteiger partial charge in [-0.3, -0.25) is 0 Å². The lowest BCUT2D eigenvalue weighted by Crippen LogP contribution is -2.28. The number of nitrogens with two attached hydrogens (primary N) is 1. The Kier molecular flexibility index (Phi) is 13.0. The molecular weight excluding hydrogens is 825 g/mol. The molecule has 0 aromatic heterocycles. The molecule has 13 heteroatoms. The highest BCUT2D eigenvalue weighted by Crippen LogP contribution is 2.39. The fraction of sp³-hybridized carbons (Fsp3) is 0.135. The van der Waals surface area contributed by atoms with E-state index in [1.165, 1.54) is 26.4 Å². The van der Waals surface area contributed by atoms with Crippen LogP contribution in [0.3, 0.4) is 0 Å². The monoisotopic (exact) mass is 872 g/mol. The Labute approximate surface area is 376 Å². The number of methoxy groups -OCH3 is 2. The molecule has 0 saturated carbocycles. The van der Waals surface area contributed by atoms with Crippen LogP contribution in [0.4, 0.5) is 34.1 Å². The van der Waals surface area contributed by atoms with Crippen LogP contribution in [0.1, 0.15) is 56.0 Å². The quantitative estimate of drug-likeness (QED) is 0.0426. The number of rotatable bonds is 17. The van der Waals surface area contributed by atoms with Crippen molar-refractivity contribution in [3.8, 4) is 45.3 Å². The number of ether oxygens (including phenoxy) is 3. The number of nitrogens with one attached hydrogen (secondary N) is 3. The van der Waals surface area contributed by atoms with Crippen LogP contribution in [-0.2, 0) is 5.41 Å². The van der Waals surface area contributed by atoms with E-state index in [1.807, 2.05) is 78.9 Å². The van der Waals surface area contributed by atoms with Gasteiger partial charge in [0.05, 0.1) is 59.3 Å². The van der Waals surface area contributed by atoms with Crippen LogP contribution >= 0.6 is 0 Å². The Bertz CT molecular complexity index is 2930. The van der Waals surface area contributed by atoms with Gasteiger partial charge in [-0.2, -0.15) is 0 Å². The molecule has 65 heavy (non-hydrogen) atoms. The molecule has 330 valence electrons. The Morgan fingerprint density at radius 2 is 1.06 bits per heavy atom. The van der Waals surface area contributed by atoms with E-state index in [1.54, 1.807) is 55.5 Å². The maximum absolute atomic E-state index is 12.4. The standard InChI is InChI=1S/C52H48N4O9/c1-30-41(24-21-40(48(30)53)51(61)62)54-29-52(2,3)35-16-18-36(19-17-35)65-37-10-8-9-31(25-37)32-13-20-39(50(59)60)45(26-32)56-44-23-15-34(28-47(44)64-5)33-14-22-43(46(27-33)63-4)55-42-12-7-6-11-38(42)49(57)58/h6-28,54-56H,29,53H2,1-5H3,(H,57,58)(H,59,60)(H,61,62). The number of carboxylic acids is 3. The third kappa shape index (κ3) is 9.95. The van der Waals surface area contributed by atoms with E-state index in [0.717, 1.165) is 33.5 Å². The fourth-order valence-corrected chi connectivity index (χ4v) is 7.40. The summed E-state index contributed by atoms with van der Waals surface area (Å²) in [5.74, 6) is -1.03. The summed E-state index contributed by atoms with van der Waals surface area (Å²) in [5.41, 5.74) is 13.9. The van der Waals surface area contributed by atoms with Crippen molar-refractivity contribution in [3.05, 3.63) is 167 Å². The predicted octanol–water partition coefficient (Wildman–Crippen LogP) is 11.7. The third-order valence-electron chi connectivity index (χ3n) is 11.2. The lowest BCUT2D eigenvalue weighted by Gasteiger charge is -2.27. The zero-order valence-electron chi connectivity index (χ0n) is 36.4. The van der Waals surface area contributed by atoms with Gasteiger partial charge in [0.1, 0.15) is 23.0 Å². The van der Waals surface area contributed by atoms with Gasteiger partial charge in [-0.15, -0.1) is 0 Å². The predicted molar refractivity (Wildman–Crippen MR) is 254 cm³/mol. The Morgan fingerprint density at radius 1 is 0.538 bits per heavy atom. The molecule has 0 atom stereocenters. The maximum atomic E-state index is 12.4. The van der Waals surface area contributed by atoms with Crippen molar-refractivity contribution in [1.29, 1.82) is 0 Å². The van der Waals surface area contributed by atoms with Crippen LogP contribution < -0.4 is 35.9 Å². The number of hydrogen-bond acceptors (Lipinski definition) is 10. The van der Waals surface area contributed by atoms with E-state index < -0.39 is 17.9 Å². The molecule has 0 radical (unpaired) electrons. The maximum Gasteiger partial charge on any atom is 0.337 e. The molecule has 0 spiro atoms. The van der Waals surface area contributed by atoms with Crippen LogP contribution in [0.15, 0.2) is 140 Å². The number of nitrogen functional groups attached to an aromatic ring is 1. The molecule has 0 aliphatic carbocycles. The molecule has 0 bridgehead atoms. The van der Waals surface area contributed by atoms with Crippen molar-refractivity contribution < 1.29 is 43.9 Å². The second-order valence-corrected chi connectivity index (χ2v) is 15.9. The minimum Gasteiger partial charge on any atom is -0.495 e. The van der Waals surface area contributed by atoms with Gasteiger partial charge in [0, 0.05) is 17.6 Å². The molecule has 0 amide bonds. The van der Waals surface area contributed by atoms with Crippen LogP contribution in [0.25, 0.3) is 22.3 Å². The molecular formula is C52H48N4O9. The first-order valence-electron chi connectivity index (χ1n) is 20.5. The molecule has 0 aliphatic heterocycles. The molecule has 7 rings (SSSR count). The van der Waals surface area contributed by atoms with Crippen LogP contribution in [0, 0.1) is 6.92 Å². The summed E-state index contributed by atoms with van der Waals surface area (Å²) >= 11 is 0. The highest BCUT2D eigenvalue weighted by atomic mass is 16.5. The van der Waals surface area contributed by atoms with Gasteiger partial charge >= 0.3 is 17.9 Å². The van der Waals surface area contributed by atoms with E-state index in [0.29, 0.717) is 57.9 Å². The fourth-order valence-electron chi connectivity index (χ4n) is 7.40. The molecule has 0 unspecified atom stereocenters. The normalized spacial score (nSPS) is 11.0. The highest BCUT2D eigenvalue weighted by molar-refractivity contribution is 5.98. The minimum atomic E-state index is -1.10. The number of hydrogen-bond donors (Lipinski definition) is 7. The number of aromatic carboxylic acids is 3. The lowest BCUT2D eigenvalue weighted by atomic mass is 9.84. The molecule has 7 aromatic carbocycles. The van der Waals surface area contributed by atoms with Gasteiger partial charge in [-0.25, -0.2) is 14.4 Å². The van der Waals surface area contributed by atoms with Gasteiger partial charge < -0.3 is 51.2 Å². The Balaban J connectivity index is 1.06. The Hall–Kier alpha value is -8.45. The van der Waals surface area contributed by atoms with E-state index in [4.69, 9.17) is 19.9 Å². The molecule has 7 aromatic rings. The summed E-state index contributed by atoms with van der Waals surface area (Å²) in [6, 6.07) is 41.4. The Morgan fingerprint density at radius 3 is 1.68 bits per heavy atom. The summed E-state index contributed by atoms with van der Waals surface area (Å²) in [6.45, 7) is 6.58. The first kappa shape index (κ1) is 44.6. The van der Waals surface area contributed by atoms with Crippen LogP contribution in [-0.4, -0.2) is 54.0 Å². The molecule has 0 aliphatic rings. The number of benzene rings is 7. The SMILES string of the molecule is COc1cc(-c2ccc(Nc3cc(-c4cccc(Oc5ccc(C(C)(C)CNc6ccc(C(=O)O)c(N)c6C)cc5)c4)ccc3C(=O)O)c(OC)c2)ccc1Nc1ccccc1C(=O)O. The van der Waals surface area contributed by atoms with Gasteiger partial charge in [0.2, 0.25) is 0 Å². The van der Waals surface area contributed by atoms with Gasteiger partial charge in [-0.1, -0.05) is 68.4 Å². The molecule has 0 fully saturated rings. The number of carbonyl (C=O) groups is 3. The van der Waals surface area contributed by atoms with Crippen molar-refractivity contribution in [2.24, 2.45) is 0 Å². The van der Waals surface area contributed by atoms with Gasteiger partial charge in [-0.05, 0) is 125 Å². The van der Waals surface area contributed by atoms with E-state index in [2.05, 4.69) is 29.8 Å². The van der Waals surface area contributed by atoms with Gasteiger partial charge in [0.25, 0.3) is 0 Å². The minimum absolute atomic E-state index is 0.0677. The van der Waals surface area contributed by atoms with E-state index in [9.17, 15) is 29.7 Å². The first-order chi connectivity index (χ1) is 31.1. The average molecular weight is 873 g/mol. The summed E-state index contributed by atoms with van der Waals surface area (Å²) in [5, 5.41) is 39.1. The number of para-hydroxylation sites is 1. The number of anilines is 6. The summed E-state index contributed by atoms with van der Waals surface area (Å²) in [4.78, 5) is 35.7. The van der Waals surface area contributed by atoms with Crippen LogP contribution in [0.5, 0.6) is 23.0 Å². The average Bonchev–Trinajstić information content (AvgIpc) is 3.30. The van der Waals surface area contributed by atoms with E-state index >= 15 is 0 Å². The van der Waals surface area contributed by atoms with Gasteiger partial charge in [0.15, 0.2) is 0 Å². The van der Waals surface area contributed by atoms with Crippen LogP contribution in [0.2, 0.25) is 0 Å². The number of carboxylic acid groups (broad SMARTS) is 3. The third-order valence-corrected chi connectivity index (χ3v) is 11.2. The zero-order valence-corrected chi connectivity index (χ0v) is 36.4. The molecule has 0 heterocycles. The van der Waals surface area contributed by atoms with E-state index in [-0.39, 0.29) is 27.8 Å².